The monoisotopic (exact) mass is 354 g/mol. The van der Waals surface area contributed by atoms with Gasteiger partial charge < -0.3 is 4.98 Å². The molecule has 2 aliphatic carbocycles. The number of aromatic nitrogens is 2. The number of hydrogen-bond donors (Lipinski definition) is 1. The third kappa shape index (κ3) is 2.71. The molecule has 25 heavy (non-hydrogen) atoms. The summed E-state index contributed by atoms with van der Waals surface area (Å²) in [6, 6.07) is 8.50. The number of nitrogens with one attached hydrogen (secondary N) is 1. The zero-order valence-corrected chi connectivity index (χ0v) is 15.9. The van der Waals surface area contributed by atoms with E-state index in [1.54, 1.807) is 4.57 Å². The Morgan fingerprint density at radius 3 is 2.64 bits per heavy atom. The summed E-state index contributed by atoms with van der Waals surface area (Å²) in [4.78, 5) is 17.0. The molecule has 0 aliphatic heterocycles. The standard InChI is InChI=1S/C21H26N2OS/c1-14(2)13-23-19(24)17-18(22-20(23)25)16-9-5-4-8-15(16)12-21(17)10-6-3-7-11-21/h4-5,8-9,14H,3,6-7,10-13H2,1-2H3,(H,22,25). The van der Waals surface area contributed by atoms with Gasteiger partial charge in [-0.15, -0.1) is 0 Å². The zero-order chi connectivity index (χ0) is 17.6. The van der Waals surface area contributed by atoms with E-state index < -0.39 is 0 Å². The number of aromatic amines is 1. The van der Waals surface area contributed by atoms with Crippen LogP contribution in [-0.4, -0.2) is 9.55 Å². The summed E-state index contributed by atoms with van der Waals surface area (Å²) in [7, 11) is 0. The van der Waals surface area contributed by atoms with Crippen molar-refractivity contribution in [3.63, 3.8) is 0 Å². The molecule has 1 aromatic heterocycles. The summed E-state index contributed by atoms with van der Waals surface area (Å²) in [6.45, 7) is 4.94. The van der Waals surface area contributed by atoms with E-state index in [4.69, 9.17) is 12.2 Å². The SMILES string of the molecule is CC(C)Cn1c(=S)[nH]c2c(c1=O)C1(CCCCC1)Cc1ccccc1-2. The number of fused-ring (bicyclic) bond motifs is 4. The van der Waals surface area contributed by atoms with Crippen LogP contribution in [0.3, 0.4) is 0 Å². The summed E-state index contributed by atoms with van der Waals surface area (Å²) in [5.74, 6) is 0.393. The normalized spacial score (nSPS) is 18.2. The molecule has 0 unspecified atom stereocenters. The van der Waals surface area contributed by atoms with Crippen LogP contribution >= 0.6 is 12.2 Å². The number of benzene rings is 1. The fourth-order valence-corrected chi connectivity index (χ4v) is 5.08. The molecule has 1 aromatic carbocycles. The van der Waals surface area contributed by atoms with Crippen molar-refractivity contribution in [2.24, 2.45) is 5.92 Å². The third-order valence-electron chi connectivity index (χ3n) is 5.89. The molecule has 132 valence electrons. The van der Waals surface area contributed by atoms with Crippen LogP contribution in [0.15, 0.2) is 29.1 Å². The van der Waals surface area contributed by atoms with Gasteiger partial charge in [-0.05, 0) is 43.0 Å². The second-order valence-electron chi connectivity index (χ2n) is 8.16. The van der Waals surface area contributed by atoms with Crippen LogP contribution in [0.25, 0.3) is 11.3 Å². The van der Waals surface area contributed by atoms with Crippen LogP contribution in [0.2, 0.25) is 0 Å². The summed E-state index contributed by atoms with van der Waals surface area (Å²) in [5, 5.41) is 0. The average molecular weight is 355 g/mol. The van der Waals surface area contributed by atoms with E-state index in [9.17, 15) is 4.79 Å². The van der Waals surface area contributed by atoms with Gasteiger partial charge in [0.05, 0.1) is 5.69 Å². The number of nitrogens with zero attached hydrogens (tertiary/aromatic N) is 1. The summed E-state index contributed by atoms with van der Waals surface area (Å²) in [6.07, 6.45) is 6.90. The molecule has 4 heteroatoms. The Balaban J connectivity index is 2.02. The molecule has 1 heterocycles. The van der Waals surface area contributed by atoms with E-state index in [0.29, 0.717) is 17.2 Å². The van der Waals surface area contributed by atoms with Crippen LogP contribution in [0.4, 0.5) is 0 Å². The number of rotatable bonds is 2. The topological polar surface area (TPSA) is 37.8 Å². The van der Waals surface area contributed by atoms with E-state index >= 15 is 0 Å². The van der Waals surface area contributed by atoms with Gasteiger partial charge in [-0.25, -0.2) is 0 Å². The lowest BCUT2D eigenvalue weighted by Gasteiger charge is -2.42. The molecule has 2 aromatic rings. The Kier molecular flexibility index (Phi) is 4.19. The van der Waals surface area contributed by atoms with Crippen LogP contribution in [0, 0.1) is 10.7 Å². The molecule has 0 bridgehead atoms. The molecule has 1 saturated carbocycles. The van der Waals surface area contributed by atoms with Gasteiger partial charge in [-0.2, -0.15) is 0 Å². The lowest BCUT2D eigenvalue weighted by atomic mass is 9.62. The molecule has 3 nitrogen and oxygen atoms in total. The van der Waals surface area contributed by atoms with Crippen molar-refractivity contribution in [2.75, 3.05) is 0 Å². The molecular weight excluding hydrogens is 328 g/mol. The first-order valence-electron chi connectivity index (χ1n) is 9.48. The van der Waals surface area contributed by atoms with Crippen LogP contribution in [-0.2, 0) is 18.4 Å². The predicted molar refractivity (Wildman–Crippen MR) is 105 cm³/mol. The summed E-state index contributed by atoms with van der Waals surface area (Å²) < 4.78 is 2.35. The van der Waals surface area contributed by atoms with Gasteiger partial charge in [-0.3, -0.25) is 9.36 Å². The molecule has 1 N–H and O–H groups in total. The van der Waals surface area contributed by atoms with Crippen LogP contribution in [0.1, 0.15) is 57.1 Å². The van der Waals surface area contributed by atoms with E-state index in [-0.39, 0.29) is 11.0 Å². The van der Waals surface area contributed by atoms with Crippen LogP contribution < -0.4 is 5.56 Å². The fraction of sp³-hybridized carbons (Fsp3) is 0.524. The zero-order valence-electron chi connectivity index (χ0n) is 15.1. The van der Waals surface area contributed by atoms with Crippen molar-refractivity contribution in [1.29, 1.82) is 0 Å². The summed E-state index contributed by atoms with van der Waals surface area (Å²) >= 11 is 5.57. The van der Waals surface area contributed by atoms with Gasteiger partial charge in [0.25, 0.3) is 5.56 Å². The van der Waals surface area contributed by atoms with E-state index in [1.165, 1.54) is 24.8 Å². The number of H-pyrrole nitrogens is 1. The van der Waals surface area contributed by atoms with Gasteiger partial charge in [-0.1, -0.05) is 57.4 Å². The second-order valence-corrected chi connectivity index (χ2v) is 8.55. The second kappa shape index (κ2) is 6.24. The van der Waals surface area contributed by atoms with E-state index in [1.807, 2.05) is 0 Å². The third-order valence-corrected chi connectivity index (χ3v) is 6.21. The molecule has 0 amide bonds. The minimum Gasteiger partial charge on any atom is -0.331 e. The highest BCUT2D eigenvalue weighted by atomic mass is 32.1. The first-order valence-corrected chi connectivity index (χ1v) is 9.88. The van der Waals surface area contributed by atoms with Gasteiger partial charge in [0.15, 0.2) is 4.77 Å². The molecular formula is C21H26N2OS. The Morgan fingerprint density at radius 2 is 1.92 bits per heavy atom. The van der Waals surface area contributed by atoms with Gasteiger partial charge >= 0.3 is 0 Å². The maximum Gasteiger partial charge on any atom is 0.258 e. The van der Waals surface area contributed by atoms with Crippen molar-refractivity contribution in [3.05, 3.63) is 50.5 Å². The van der Waals surface area contributed by atoms with Crippen molar-refractivity contribution >= 4 is 12.2 Å². The molecule has 0 saturated heterocycles. The summed E-state index contributed by atoms with van der Waals surface area (Å²) in [5.41, 5.74) is 4.62. The Bertz CT molecular complexity index is 916. The quantitative estimate of drug-likeness (QED) is 0.772. The van der Waals surface area contributed by atoms with Gasteiger partial charge in [0, 0.05) is 23.1 Å². The smallest absolute Gasteiger partial charge is 0.258 e. The highest BCUT2D eigenvalue weighted by Crippen LogP contribution is 2.48. The Morgan fingerprint density at radius 1 is 1.20 bits per heavy atom. The van der Waals surface area contributed by atoms with E-state index in [0.717, 1.165) is 36.1 Å². The van der Waals surface area contributed by atoms with Crippen molar-refractivity contribution in [2.45, 2.75) is 64.3 Å². The molecule has 1 spiro atoms. The molecule has 0 atom stereocenters. The highest BCUT2D eigenvalue weighted by Gasteiger charge is 2.42. The van der Waals surface area contributed by atoms with Crippen LogP contribution in [0.5, 0.6) is 0 Å². The maximum absolute atomic E-state index is 13.5. The van der Waals surface area contributed by atoms with Crippen molar-refractivity contribution in [1.82, 2.24) is 9.55 Å². The minimum atomic E-state index is -0.0166. The highest BCUT2D eigenvalue weighted by molar-refractivity contribution is 7.71. The lowest BCUT2D eigenvalue weighted by Crippen LogP contribution is -2.43. The van der Waals surface area contributed by atoms with Crippen molar-refractivity contribution in [3.8, 4) is 11.3 Å². The number of hydrogen-bond acceptors (Lipinski definition) is 2. The van der Waals surface area contributed by atoms with Gasteiger partial charge in [0.2, 0.25) is 0 Å². The maximum atomic E-state index is 13.5. The molecule has 4 rings (SSSR count). The first kappa shape index (κ1) is 16.8. The molecule has 1 fully saturated rings. The molecule has 2 aliphatic rings. The minimum absolute atomic E-state index is 0.0166. The first-order chi connectivity index (χ1) is 12.0. The fourth-order valence-electron chi connectivity index (χ4n) is 4.82. The van der Waals surface area contributed by atoms with Crippen molar-refractivity contribution < 1.29 is 0 Å². The largest absolute Gasteiger partial charge is 0.331 e. The molecule has 0 radical (unpaired) electrons. The lowest BCUT2D eigenvalue weighted by molar-refractivity contribution is 0.282. The predicted octanol–water partition coefficient (Wildman–Crippen LogP) is 4.99. The average Bonchev–Trinajstić information content (AvgIpc) is 2.59. The Hall–Kier alpha value is -1.68. The Labute approximate surface area is 154 Å². The van der Waals surface area contributed by atoms with E-state index in [2.05, 4.69) is 43.1 Å². The van der Waals surface area contributed by atoms with Gasteiger partial charge in [0.1, 0.15) is 0 Å².